The van der Waals surface area contributed by atoms with Crippen molar-refractivity contribution in [1.82, 2.24) is 14.8 Å². The number of nitrogens with zero attached hydrogens (tertiary/aromatic N) is 3. The van der Waals surface area contributed by atoms with Gasteiger partial charge in [-0.1, -0.05) is 0 Å². The molecule has 0 bridgehead atoms. The van der Waals surface area contributed by atoms with Gasteiger partial charge >= 0.3 is 0 Å². The number of carbonyl (C=O) groups excluding carboxylic acids is 1. The molecule has 0 spiro atoms. The summed E-state index contributed by atoms with van der Waals surface area (Å²) in [5.74, 6) is 0.735. The summed E-state index contributed by atoms with van der Waals surface area (Å²) in [4.78, 5) is 20.2. The Bertz CT molecular complexity index is 432. The van der Waals surface area contributed by atoms with E-state index in [1.807, 2.05) is 0 Å². The van der Waals surface area contributed by atoms with E-state index in [0.717, 1.165) is 36.9 Å². The molecule has 0 saturated carbocycles. The van der Waals surface area contributed by atoms with E-state index in [1.54, 1.807) is 30.3 Å². The SMILES string of the molecule is CN(C)C(=O)Cc1nc(CN2CCC(CN)C2)cs1. The molecule has 1 amide bonds. The molecule has 1 saturated heterocycles. The second-order valence-corrected chi connectivity index (χ2v) is 6.27. The molecule has 2 rings (SSSR count). The Balaban J connectivity index is 1.86. The summed E-state index contributed by atoms with van der Waals surface area (Å²) in [6, 6.07) is 0. The summed E-state index contributed by atoms with van der Waals surface area (Å²) < 4.78 is 0. The topological polar surface area (TPSA) is 62.5 Å². The fourth-order valence-electron chi connectivity index (χ4n) is 2.27. The predicted octanol–water partition coefficient (Wildman–Crippen LogP) is 0.554. The van der Waals surface area contributed by atoms with Gasteiger partial charge < -0.3 is 10.6 Å². The number of hydrogen-bond acceptors (Lipinski definition) is 5. The Hall–Kier alpha value is -0.980. The lowest BCUT2D eigenvalue weighted by Gasteiger charge is -2.13. The number of nitrogens with two attached hydrogens (primary N) is 1. The van der Waals surface area contributed by atoms with E-state index in [9.17, 15) is 4.79 Å². The third-order valence-corrected chi connectivity index (χ3v) is 4.39. The number of hydrogen-bond donors (Lipinski definition) is 1. The molecule has 0 aliphatic carbocycles. The summed E-state index contributed by atoms with van der Waals surface area (Å²) >= 11 is 1.58. The summed E-state index contributed by atoms with van der Waals surface area (Å²) in [5.41, 5.74) is 6.77. The minimum absolute atomic E-state index is 0.102. The average molecular weight is 282 g/mol. The van der Waals surface area contributed by atoms with Crippen LogP contribution in [0.4, 0.5) is 0 Å². The first kappa shape index (κ1) is 14.4. The molecule has 1 atom stereocenters. The van der Waals surface area contributed by atoms with Crippen molar-refractivity contribution in [3.63, 3.8) is 0 Å². The van der Waals surface area contributed by atoms with Gasteiger partial charge in [0.15, 0.2) is 0 Å². The number of rotatable bonds is 5. The molecule has 0 radical (unpaired) electrons. The van der Waals surface area contributed by atoms with Crippen molar-refractivity contribution >= 4 is 17.2 Å². The third-order valence-electron chi connectivity index (χ3n) is 3.49. The van der Waals surface area contributed by atoms with E-state index in [1.165, 1.54) is 6.42 Å². The van der Waals surface area contributed by atoms with Crippen molar-refractivity contribution in [2.45, 2.75) is 19.4 Å². The molecule has 1 fully saturated rings. The molecule has 1 aromatic rings. The largest absolute Gasteiger partial charge is 0.348 e. The van der Waals surface area contributed by atoms with Crippen LogP contribution in [0.1, 0.15) is 17.1 Å². The van der Waals surface area contributed by atoms with Crippen LogP contribution in [0.15, 0.2) is 5.38 Å². The van der Waals surface area contributed by atoms with Crippen LogP contribution >= 0.6 is 11.3 Å². The maximum Gasteiger partial charge on any atom is 0.228 e. The predicted molar refractivity (Wildman–Crippen MR) is 77.0 cm³/mol. The lowest BCUT2D eigenvalue weighted by atomic mass is 10.1. The smallest absolute Gasteiger partial charge is 0.228 e. The number of aromatic nitrogens is 1. The van der Waals surface area contributed by atoms with Gasteiger partial charge in [0, 0.05) is 32.6 Å². The summed E-state index contributed by atoms with van der Waals surface area (Å²) in [6.07, 6.45) is 1.59. The molecular weight excluding hydrogens is 260 g/mol. The van der Waals surface area contributed by atoms with Crippen LogP contribution in [0.25, 0.3) is 0 Å². The lowest BCUT2D eigenvalue weighted by Crippen LogP contribution is -2.24. The molecule has 2 N–H and O–H groups in total. The zero-order chi connectivity index (χ0) is 13.8. The maximum absolute atomic E-state index is 11.6. The van der Waals surface area contributed by atoms with Gasteiger partial charge in [0.2, 0.25) is 5.91 Å². The quantitative estimate of drug-likeness (QED) is 0.857. The van der Waals surface area contributed by atoms with Crippen molar-refractivity contribution in [3.05, 3.63) is 16.1 Å². The van der Waals surface area contributed by atoms with Crippen molar-refractivity contribution in [2.75, 3.05) is 33.7 Å². The highest BCUT2D eigenvalue weighted by Crippen LogP contribution is 2.19. The Morgan fingerprint density at radius 3 is 3.05 bits per heavy atom. The number of likely N-dealkylation sites (N-methyl/N-ethyl adjacent to an activating group) is 1. The van der Waals surface area contributed by atoms with Crippen molar-refractivity contribution in [2.24, 2.45) is 11.7 Å². The van der Waals surface area contributed by atoms with E-state index in [-0.39, 0.29) is 5.91 Å². The van der Waals surface area contributed by atoms with Gasteiger partial charge in [-0.15, -0.1) is 11.3 Å². The first-order chi connectivity index (χ1) is 9.08. The average Bonchev–Trinajstić information content (AvgIpc) is 2.99. The Kier molecular flexibility index (Phi) is 4.90. The van der Waals surface area contributed by atoms with E-state index in [2.05, 4.69) is 15.3 Å². The Morgan fingerprint density at radius 2 is 2.42 bits per heavy atom. The highest BCUT2D eigenvalue weighted by molar-refractivity contribution is 7.09. The van der Waals surface area contributed by atoms with E-state index in [0.29, 0.717) is 12.3 Å². The third kappa shape index (κ3) is 3.99. The fourth-order valence-corrected chi connectivity index (χ4v) is 3.04. The van der Waals surface area contributed by atoms with Crippen LogP contribution in [0, 0.1) is 5.92 Å². The van der Waals surface area contributed by atoms with Gasteiger partial charge in [0.25, 0.3) is 0 Å². The van der Waals surface area contributed by atoms with E-state index in [4.69, 9.17) is 5.73 Å². The molecule has 1 aromatic heterocycles. The zero-order valence-electron chi connectivity index (χ0n) is 11.6. The number of thiazole rings is 1. The Morgan fingerprint density at radius 1 is 1.63 bits per heavy atom. The summed E-state index contributed by atoms with van der Waals surface area (Å²) in [5, 5.41) is 2.97. The van der Waals surface area contributed by atoms with Crippen LogP contribution in [0.2, 0.25) is 0 Å². The molecule has 5 nitrogen and oxygen atoms in total. The van der Waals surface area contributed by atoms with Crippen LogP contribution in [0.3, 0.4) is 0 Å². The standard InChI is InChI=1S/C13H22N4OS/c1-16(2)13(18)5-12-15-11(9-19-12)8-17-4-3-10(6-14)7-17/h9-10H,3-8,14H2,1-2H3. The van der Waals surface area contributed by atoms with Crippen LogP contribution in [-0.4, -0.2) is 54.4 Å². The minimum Gasteiger partial charge on any atom is -0.348 e. The second-order valence-electron chi connectivity index (χ2n) is 5.32. The molecule has 2 heterocycles. The maximum atomic E-state index is 11.6. The zero-order valence-corrected chi connectivity index (χ0v) is 12.4. The normalized spacial score (nSPS) is 19.8. The van der Waals surface area contributed by atoms with Crippen molar-refractivity contribution in [1.29, 1.82) is 0 Å². The van der Waals surface area contributed by atoms with E-state index < -0.39 is 0 Å². The van der Waals surface area contributed by atoms with Crippen molar-refractivity contribution < 1.29 is 4.79 Å². The van der Waals surface area contributed by atoms with Crippen LogP contribution < -0.4 is 5.73 Å². The molecule has 1 unspecified atom stereocenters. The minimum atomic E-state index is 0.102. The molecule has 0 aromatic carbocycles. The first-order valence-corrected chi connectivity index (χ1v) is 7.52. The monoisotopic (exact) mass is 282 g/mol. The first-order valence-electron chi connectivity index (χ1n) is 6.64. The van der Waals surface area contributed by atoms with Gasteiger partial charge in [-0.3, -0.25) is 9.69 Å². The van der Waals surface area contributed by atoms with Crippen LogP contribution in [0.5, 0.6) is 0 Å². The lowest BCUT2D eigenvalue weighted by molar-refractivity contribution is -0.127. The van der Waals surface area contributed by atoms with Gasteiger partial charge in [-0.25, -0.2) is 4.98 Å². The van der Waals surface area contributed by atoms with Crippen molar-refractivity contribution in [3.8, 4) is 0 Å². The second kappa shape index (κ2) is 6.45. The number of amides is 1. The molecule has 19 heavy (non-hydrogen) atoms. The molecule has 1 aliphatic heterocycles. The fraction of sp³-hybridized carbons (Fsp3) is 0.692. The van der Waals surface area contributed by atoms with Gasteiger partial charge in [0.05, 0.1) is 12.1 Å². The molecule has 106 valence electrons. The van der Waals surface area contributed by atoms with Crippen LogP contribution in [-0.2, 0) is 17.8 Å². The summed E-state index contributed by atoms with van der Waals surface area (Å²) in [7, 11) is 3.54. The highest BCUT2D eigenvalue weighted by atomic mass is 32.1. The molecule has 1 aliphatic rings. The number of likely N-dealkylation sites (tertiary alicyclic amines) is 1. The Labute approximate surface area is 118 Å². The summed E-state index contributed by atoms with van der Waals surface area (Å²) in [6.45, 7) is 3.82. The van der Waals surface area contributed by atoms with Gasteiger partial charge in [-0.2, -0.15) is 0 Å². The van der Waals surface area contributed by atoms with Gasteiger partial charge in [-0.05, 0) is 25.4 Å². The van der Waals surface area contributed by atoms with E-state index >= 15 is 0 Å². The molecule has 6 heteroatoms. The van der Waals surface area contributed by atoms with Gasteiger partial charge in [0.1, 0.15) is 5.01 Å². The number of carbonyl (C=O) groups is 1. The highest BCUT2D eigenvalue weighted by Gasteiger charge is 2.21. The molecular formula is C13H22N4OS.